The van der Waals surface area contributed by atoms with Crippen LogP contribution in [0.1, 0.15) is 54.4 Å². The zero-order chi connectivity index (χ0) is 21.8. The number of hydrogen-bond donors (Lipinski definition) is 1. The fourth-order valence-corrected chi connectivity index (χ4v) is 10.0. The number of rotatable bonds is 2. The van der Waals surface area contributed by atoms with Gasteiger partial charge in [0.25, 0.3) is 0 Å². The SMILES string of the molecule is C=C1[C@H](CC(=O)OC)O[C@@H]2C[C@@H]3O[Si](C(C)(C)C)(C(C)(C)C)OC[C@H]3O[C@H]2[C@H]1O. The van der Waals surface area contributed by atoms with E-state index in [1.807, 2.05) is 0 Å². The highest BCUT2D eigenvalue weighted by molar-refractivity contribution is 6.73. The van der Waals surface area contributed by atoms with E-state index in [0.717, 1.165) is 0 Å². The van der Waals surface area contributed by atoms with Gasteiger partial charge in [-0.1, -0.05) is 48.1 Å². The van der Waals surface area contributed by atoms with Crippen molar-refractivity contribution >= 4 is 14.5 Å². The maximum absolute atomic E-state index is 11.7. The Kier molecular flexibility index (Phi) is 6.10. The average molecular weight is 429 g/mol. The fraction of sp³-hybridized carbons (Fsp3) is 0.857. The highest BCUT2D eigenvalue weighted by Crippen LogP contribution is 2.55. The Bertz CT molecular complexity index is 636. The summed E-state index contributed by atoms with van der Waals surface area (Å²) in [5.41, 5.74) is 0.445. The third-order valence-corrected chi connectivity index (χ3v) is 11.5. The minimum atomic E-state index is -2.62. The Morgan fingerprint density at radius 1 is 1.14 bits per heavy atom. The second-order valence-electron chi connectivity index (χ2n) is 10.4. The van der Waals surface area contributed by atoms with Crippen molar-refractivity contribution in [1.29, 1.82) is 0 Å². The molecule has 0 unspecified atom stereocenters. The Morgan fingerprint density at radius 2 is 1.76 bits per heavy atom. The molecule has 0 bridgehead atoms. The minimum absolute atomic E-state index is 0.0242. The molecule has 7 nitrogen and oxygen atoms in total. The van der Waals surface area contributed by atoms with Crippen molar-refractivity contribution in [2.24, 2.45) is 0 Å². The maximum atomic E-state index is 11.7. The van der Waals surface area contributed by atoms with Crippen LogP contribution in [0.15, 0.2) is 12.2 Å². The summed E-state index contributed by atoms with van der Waals surface area (Å²) in [7, 11) is -1.29. The van der Waals surface area contributed by atoms with Gasteiger partial charge in [-0.15, -0.1) is 0 Å². The molecule has 3 heterocycles. The predicted octanol–water partition coefficient (Wildman–Crippen LogP) is 2.85. The number of ether oxygens (including phenoxy) is 3. The number of carbonyl (C=O) groups is 1. The first kappa shape index (κ1) is 22.9. The van der Waals surface area contributed by atoms with E-state index in [-0.39, 0.29) is 34.8 Å². The summed E-state index contributed by atoms with van der Waals surface area (Å²) >= 11 is 0. The second kappa shape index (κ2) is 7.73. The molecule has 0 radical (unpaired) electrons. The van der Waals surface area contributed by atoms with Crippen molar-refractivity contribution in [1.82, 2.24) is 0 Å². The minimum Gasteiger partial charge on any atom is -0.469 e. The normalized spacial score (nSPS) is 37.4. The van der Waals surface area contributed by atoms with Gasteiger partial charge in [0.15, 0.2) is 0 Å². The summed E-state index contributed by atoms with van der Waals surface area (Å²) < 4.78 is 30.3. The lowest BCUT2D eigenvalue weighted by atomic mass is 9.86. The van der Waals surface area contributed by atoms with Gasteiger partial charge in [0, 0.05) is 16.5 Å². The van der Waals surface area contributed by atoms with Crippen LogP contribution in [-0.2, 0) is 27.9 Å². The van der Waals surface area contributed by atoms with Crippen LogP contribution in [0.2, 0.25) is 10.1 Å². The van der Waals surface area contributed by atoms with Gasteiger partial charge in [-0.05, 0) is 5.57 Å². The first-order valence-electron chi connectivity index (χ1n) is 10.4. The predicted molar refractivity (Wildman–Crippen MR) is 110 cm³/mol. The summed E-state index contributed by atoms with van der Waals surface area (Å²) in [6.07, 6.45) is -2.24. The van der Waals surface area contributed by atoms with Gasteiger partial charge in [-0.3, -0.25) is 4.79 Å². The van der Waals surface area contributed by atoms with Crippen LogP contribution in [-0.4, -0.2) is 70.0 Å². The fourth-order valence-electron chi connectivity index (χ4n) is 5.05. The van der Waals surface area contributed by atoms with Gasteiger partial charge in [0.05, 0.1) is 38.4 Å². The standard InChI is InChI=1S/C21H36O7Si/c1-12-13(10-17(22)24-8)26-15-9-14-16(27-19(15)18(12)23)11-25-29(28-14,20(2,3)4)21(5,6)7/h13-16,18-19,23H,1,9-11H2,2-8H3/t13-,14-,15+,16+,18-,19+/m0/s1. The number of aliphatic hydroxyl groups excluding tert-OH is 1. The summed E-state index contributed by atoms with van der Waals surface area (Å²) in [6.45, 7) is 17.4. The molecule has 3 rings (SSSR count). The first-order chi connectivity index (χ1) is 13.3. The lowest BCUT2D eigenvalue weighted by molar-refractivity contribution is -0.249. The quantitative estimate of drug-likeness (QED) is 0.411. The van der Waals surface area contributed by atoms with Crippen LogP contribution in [0, 0.1) is 0 Å². The van der Waals surface area contributed by atoms with Gasteiger partial charge in [-0.25, -0.2) is 0 Å². The lowest BCUT2D eigenvalue weighted by Gasteiger charge is -2.57. The van der Waals surface area contributed by atoms with E-state index in [2.05, 4.69) is 48.1 Å². The summed E-state index contributed by atoms with van der Waals surface area (Å²) in [5.74, 6) is -0.398. The van der Waals surface area contributed by atoms with Crippen molar-refractivity contribution < 1.29 is 33.0 Å². The van der Waals surface area contributed by atoms with E-state index >= 15 is 0 Å². The first-order valence-corrected chi connectivity index (χ1v) is 12.2. The van der Waals surface area contributed by atoms with E-state index in [9.17, 15) is 9.90 Å². The van der Waals surface area contributed by atoms with Gasteiger partial charge >= 0.3 is 14.5 Å². The summed E-state index contributed by atoms with van der Waals surface area (Å²) in [6, 6.07) is 0. The largest absolute Gasteiger partial charge is 0.469 e. The number of aliphatic hydroxyl groups is 1. The molecule has 3 fully saturated rings. The number of esters is 1. The molecular weight excluding hydrogens is 392 g/mol. The molecule has 0 aliphatic carbocycles. The van der Waals surface area contributed by atoms with Crippen LogP contribution >= 0.6 is 0 Å². The molecule has 8 heteroatoms. The van der Waals surface area contributed by atoms with E-state index < -0.39 is 32.8 Å². The van der Waals surface area contributed by atoms with Crippen LogP contribution in [0.5, 0.6) is 0 Å². The average Bonchev–Trinajstić information content (AvgIpc) is 2.62. The molecule has 0 amide bonds. The highest BCUT2D eigenvalue weighted by Gasteiger charge is 2.63. The van der Waals surface area contributed by atoms with Crippen molar-refractivity contribution in [3.63, 3.8) is 0 Å². The van der Waals surface area contributed by atoms with E-state index in [1.54, 1.807) is 0 Å². The van der Waals surface area contributed by atoms with E-state index in [0.29, 0.717) is 18.6 Å². The maximum Gasteiger partial charge on any atom is 0.349 e. The molecule has 1 N–H and O–H groups in total. The smallest absolute Gasteiger partial charge is 0.349 e. The van der Waals surface area contributed by atoms with Crippen LogP contribution < -0.4 is 0 Å². The molecule has 3 saturated heterocycles. The lowest BCUT2D eigenvalue weighted by Crippen LogP contribution is -2.69. The van der Waals surface area contributed by atoms with Crippen molar-refractivity contribution in [2.45, 2.75) is 101 Å². The summed E-state index contributed by atoms with van der Waals surface area (Å²) in [5, 5.41) is 10.5. The Labute approximate surface area is 174 Å². The van der Waals surface area contributed by atoms with E-state index in [4.69, 9.17) is 23.1 Å². The number of hydrogen-bond acceptors (Lipinski definition) is 7. The van der Waals surface area contributed by atoms with Crippen molar-refractivity contribution in [3.05, 3.63) is 12.2 Å². The molecule has 0 saturated carbocycles. The Hall–Kier alpha value is -0.773. The zero-order valence-electron chi connectivity index (χ0n) is 18.7. The third kappa shape index (κ3) is 3.95. The molecular formula is C21H36O7Si. The second-order valence-corrected chi connectivity index (χ2v) is 15.2. The van der Waals surface area contributed by atoms with Crippen LogP contribution in [0.3, 0.4) is 0 Å². The Morgan fingerprint density at radius 3 is 2.31 bits per heavy atom. The molecule has 3 aliphatic heterocycles. The molecule has 6 atom stereocenters. The monoisotopic (exact) mass is 428 g/mol. The molecule has 0 aromatic carbocycles. The zero-order valence-corrected chi connectivity index (χ0v) is 19.7. The molecule has 0 spiro atoms. The number of fused-ring (bicyclic) bond motifs is 2. The van der Waals surface area contributed by atoms with Gasteiger partial charge < -0.3 is 28.2 Å². The van der Waals surface area contributed by atoms with Gasteiger partial charge in [0.1, 0.15) is 18.3 Å². The molecule has 166 valence electrons. The highest BCUT2D eigenvalue weighted by atomic mass is 28.4. The molecule has 3 aliphatic rings. The van der Waals surface area contributed by atoms with Crippen LogP contribution in [0.25, 0.3) is 0 Å². The molecule has 29 heavy (non-hydrogen) atoms. The molecule has 0 aromatic heterocycles. The number of carbonyl (C=O) groups excluding carboxylic acids is 1. The van der Waals surface area contributed by atoms with Crippen molar-refractivity contribution in [2.75, 3.05) is 13.7 Å². The summed E-state index contributed by atoms with van der Waals surface area (Å²) in [4.78, 5) is 11.7. The van der Waals surface area contributed by atoms with Crippen LogP contribution in [0.4, 0.5) is 0 Å². The van der Waals surface area contributed by atoms with Gasteiger partial charge in [-0.2, -0.15) is 0 Å². The third-order valence-electron chi connectivity index (χ3n) is 6.34. The topological polar surface area (TPSA) is 83.5 Å². The van der Waals surface area contributed by atoms with Crippen molar-refractivity contribution in [3.8, 4) is 0 Å². The van der Waals surface area contributed by atoms with Gasteiger partial charge in [0.2, 0.25) is 0 Å². The van der Waals surface area contributed by atoms with E-state index in [1.165, 1.54) is 7.11 Å². The number of methoxy groups -OCH3 is 1. The Balaban J connectivity index is 1.81. The molecule has 0 aromatic rings.